The molecule has 2 atom stereocenters. The van der Waals surface area contributed by atoms with E-state index in [9.17, 15) is 14.4 Å². The first kappa shape index (κ1) is 18.0. The predicted molar refractivity (Wildman–Crippen MR) is 99.6 cm³/mol. The highest BCUT2D eigenvalue weighted by atomic mass is 16.5. The van der Waals surface area contributed by atoms with Crippen LogP contribution >= 0.6 is 0 Å². The summed E-state index contributed by atoms with van der Waals surface area (Å²) in [6, 6.07) is 4.97. The number of benzene rings is 1. The Labute approximate surface area is 158 Å². The lowest BCUT2D eigenvalue weighted by molar-refractivity contribution is -0.125. The summed E-state index contributed by atoms with van der Waals surface area (Å²) in [5.74, 6) is -0.521. The van der Waals surface area contributed by atoms with Crippen LogP contribution in [-0.4, -0.2) is 61.0 Å². The molecular weight excluding hydrogens is 346 g/mol. The molecule has 3 amide bonds. The molecule has 2 fully saturated rings. The number of rotatable bonds is 4. The largest absolute Gasteiger partial charge is 0.376 e. The fourth-order valence-corrected chi connectivity index (χ4v) is 4.17. The zero-order chi connectivity index (χ0) is 19.0. The van der Waals surface area contributed by atoms with Gasteiger partial charge in [0, 0.05) is 19.7 Å². The minimum absolute atomic E-state index is 0.0515. The smallest absolute Gasteiger partial charge is 0.256 e. The van der Waals surface area contributed by atoms with E-state index in [0.29, 0.717) is 30.8 Å². The third-order valence-corrected chi connectivity index (χ3v) is 5.59. The number of amides is 3. The average molecular weight is 371 g/mol. The number of carbonyl (C=O) groups excluding carboxylic acids is 3. The summed E-state index contributed by atoms with van der Waals surface area (Å²) in [5, 5.41) is 2.87. The molecule has 3 aliphatic rings. The first-order chi connectivity index (χ1) is 13.0. The Bertz CT molecular complexity index is 772. The van der Waals surface area contributed by atoms with Crippen LogP contribution in [-0.2, 0) is 14.3 Å². The van der Waals surface area contributed by atoms with Gasteiger partial charge in [-0.25, -0.2) is 0 Å². The molecule has 2 saturated heterocycles. The first-order valence-electron chi connectivity index (χ1n) is 9.66. The normalized spacial score (nSPS) is 24.6. The number of nitrogens with one attached hydrogen (secondary N) is 1. The molecule has 3 heterocycles. The molecule has 0 aliphatic carbocycles. The molecule has 0 aromatic heterocycles. The number of anilines is 1. The Balaban J connectivity index is 1.57. The number of hydrogen-bond acceptors (Lipinski definition) is 4. The van der Waals surface area contributed by atoms with Crippen LogP contribution in [0.2, 0.25) is 0 Å². The van der Waals surface area contributed by atoms with Crippen molar-refractivity contribution in [1.82, 2.24) is 10.2 Å². The number of hydrogen-bond donors (Lipinski definition) is 1. The van der Waals surface area contributed by atoms with Crippen molar-refractivity contribution in [3.8, 4) is 0 Å². The van der Waals surface area contributed by atoms with Crippen LogP contribution in [0.15, 0.2) is 18.2 Å². The summed E-state index contributed by atoms with van der Waals surface area (Å²) in [4.78, 5) is 41.8. The van der Waals surface area contributed by atoms with Gasteiger partial charge >= 0.3 is 0 Å². The molecule has 1 N–H and O–H groups in total. The molecule has 7 nitrogen and oxygen atoms in total. The Morgan fingerprint density at radius 3 is 2.89 bits per heavy atom. The number of carbonyl (C=O) groups is 3. The molecule has 4 rings (SSSR count). The molecule has 7 heteroatoms. The van der Waals surface area contributed by atoms with E-state index >= 15 is 0 Å². The highest BCUT2D eigenvalue weighted by Crippen LogP contribution is 2.32. The molecule has 1 aromatic rings. The number of nitrogens with zero attached hydrogens (tertiary/aromatic N) is 2. The lowest BCUT2D eigenvalue weighted by atomic mass is 10.1. The standard InChI is InChI=1S/C20H25N3O4/c1-13-6-7-16-15(10-13)19(25)22-8-2-5-17(22)20(26)23(16)12-18(24)21-11-14-4-3-9-27-14/h6-7,10,14,17H,2-5,8-9,11-12H2,1H3,(H,21,24)/t14-,17+/m0/s1. The van der Waals surface area contributed by atoms with Gasteiger partial charge in [0.1, 0.15) is 12.6 Å². The van der Waals surface area contributed by atoms with Crippen molar-refractivity contribution in [2.45, 2.75) is 44.8 Å². The maximum absolute atomic E-state index is 13.1. The summed E-state index contributed by atoms with van der Waals surface area (Å²) in [6.07, 6.45) is 3.46. The first-order valence-corrected chi connectivity index (χ1v) is 9.66. The fourth-order valence-electron chi connectivity index (χ4n) is 4.17. The van der Waals surface area contributed by atoms with E-state index in [2.05, 4.69) is 5.32 Å². The Morgan fingerprint density at radius 2 is 2.11 bits per heavy atom. The second-order valence-corrected chi connectivity index (χ2v) is 7.54. The molecular formula is C20H25N3O4. The lowest BCUT2D eigenvalue weighted by Crippen LogP contribution is -2.48. The van der Waals surface area contributed by atoms with Crippen LogP contribution < -0.4 is 10.2 Å². The Morgan fingerprint density at radius 1 is 1.26 bits per heavy atom. The van der Waals surface area contributed by atoms with Gasteiger partial charge in [0.2, 0.25) is 11.8 Å². The van der Waals surface area contributed by atoms with Gasteiger partial charge in [-0.05, 0) is 44.7 Å². The molecule has 0 spiro atoms. The predicted octanol–water partition coefficient (Wildman–Crippen LogP) is 1.24. The van der Waals surface area contributed by atoms with E-state index in [1.807, 2.05) is 19.1 Å². The molecule has 0 radical (unpaired) electrons. The van der Waals surface area contributed by atoms with Crippen molar-refractivity contribution in [2.24, 2.45) is 0 Å². The van der Waals surface area contributed by atoms with Crippen molar-refractivity contribution in [2.75, 3.05) is 31.1 Å². The average Bonchev–Trinajstić information content (AvgIpc) is 3.33. The minimum Gasteiger partial charge on any atom is -0.376 e. The van der Waals surface area contributed by atoms with Crippen LogP contribution in [0.3, 0.4) is 0 Å². The zero-order valence-electron chi connectivity index (χ0n) is 15.6. The minimum atomic E-state index is -0.476. The van der Waals surface area contributed by atoms with E-state index in [1.54, 1.807) is 11.0 Å². The molecule has 0 unspecified atom stereocenters. The summed E-state index contributed by atoms with van der Waals surface area (Å²) in [6.45, 7) is 3.61. The van der Waals surface area contributed by atoms with Crippen molar-refractivity contribution >= 4 is 23.4 Å². The third-order valence-electron chi connectivity index (χ3n) is 5.59. The van der Waals surface area contributed by atoms with Gasteiger partial charge in [0.25, 0.3) is 5.91 Å². The zero-order valence-corrected chi connectivity index (χ0v) is 15.6. The van der Waals surface area contributed by atoms with Crippen molar-refractivity contribution in [1.29, 1.82) is 0 Å². The highest BCUT2D eigenvalue weighted by Gasteiger charge is 2.42. The van der Waals surface area contributed by atoms with E-state index < -0.39 is 6.04 Å². The van der Waals surface area contributed by atoms with E-state index in [-0.39, 0.29) is 30.4 Å². The van der Waals surface area contributed by atoms with Crippen molar-refractivity contribution in [3.05, 3.63) is 29.3 Å². The summed E-state index contributed by atoms with van der Waals surface area (Å²) in [7, 11) is 0. The van der Waals surface area contributed by atoms with Gasteiger partial charge in [0.05, 0.1) is 17.4 Å². The monoisotopic (exact) mass is 371 g/mol. The maximum Gasteiger partial charge on any atom is 0.256 e. The third kappa shape index (κ3) is 3.43. The highest BCUT2D eigenvalue weighted by molar-refractivity contribution is 6.12. The number of ether oxygens (including phenoxy) is 1. The summed E-state index contributed by atoms with van der Waals surface area (Å²) in [5.41, 5.74) is 1.98. The fraction of sp³-hybridized carbons (Fsp3) is 0.550. The van der Waals surface area contributed by atoms with Gasteiger partial charge in [-0.1, -0.05) is 11.6 Å². The van der Waals surface area contributed by atoms with Gasteiger partial charge in [-0.15, -0.1) is 0 Å². The maximum atomic E-state index is 13.1. The van der Waals surface area contributed by atoms with Gasteiger partial charge in [0.15, 0.2) is 0 Å². The number of fused-ring (bicyclic) bond motifs is 2. The van der Waals surface area contributed by atoms with Crippen LogP contribution in [0, 0.1) is 6.92 Å². The number of aryl methyl sites for hydroxylation is 1. The van der Waals surface area contributed by atoms with Gasteiger partial charge < -0.3 is 19.9 Å². The second kappa shape index (κ2) is 7.31. The van der Waals surface area contributed by atoms with E-state index in [1.165, 1.54) is 4.90 Å². The van der Waals surface area contributed by atoms with Crippen LogP contribution in [0.25, 0.3) is 0 Å². The summed E-state index contributed by atoms with van der Waals surface area (Å²) >= 11 is 0. The molecule has 27 heavy (non-hydrogen) atoms. The van der Waals surface area contributed by atoms with Crippen molar-refractivity contribution in [3.63, 3.8) is 0 Å². The van der Waals surface area contributed by atoms with Crippen LogP contribution in [0.1, 0.15) is 41.6 Å². The topological polar surface area (TPSA) is 79.0 Å². The molecule has 0 bridgehead atoms. The van der Waals surface area contributed by atoms with E-state index in [0.717, 1.165) is 31.4 Å². The summed E-state index contributed by atoms with van der Waals surface area (Å²) < 4.78 is 5.53. The SMILES string of the molecule is Cc1ccc2c(c1)C(=O)N1CCC[C@@H]1C(=O)N2CC(=O)NC[C@@H]1CCCO1. The molecule has 144 valence electrons. The van der Waals surface area contributed by atoms with E-state index in [4.69, 9.17) is 4.74 Å². The molecule has 1 aromatic carbocycles. The van der Waals surface area contributed by atoms with Crippen molar-refractivity contribution < 1.29 is 19.1 Å². The quantitative estimate of drug-likeness (QED) is 0.864. The van der Waals surface area contributed by atoms with Gasteiger partial charge in [-0.3, -0.25) is 14.4 Å². The molecule has 0 saturated carbocycles. The lowest BCUT2D eigenvalue weighted by Gasteiger charge is -2.25. The van der Waals surface area contributed by atoms with Crippen LogP contribution in [0.4, 0.5) is 5.69 Å². The van der Waals surface area contributed by atoms with Gasteiger partial charge in [-0.2, -0.15) is 0 Å². The Kier molecular flexibility index (Phi) is 4.86. The Hall–Kier alpha value is -2.41. The van der Waals surface area contributed by atoms with Crippen LogP contribution in [0.5, 0.6) is 0 Å². The second-order valence-electron chi connectivity index (χ2n) is 7.54. The molecule has 3 aliphatic heterocycles.